The van der Waals surface area contributed by atoms with Gasteiger partial charge in [-0.05, 0) is 138 Å². The summed E-state index contributed by atoms with van der Waals surface area (Å²) in [5.41, 5.74) is 3.96. The Kier molecular flexibility index (Phi) is 24.6. The van der Waals surface area contributed by atoms with Crippen molar-refractivity contribution in [1.82, 2.24) is 51.5 Å². The quantitative estimate of drug-likeness (QED) is 0.0398. The smallest absolute Gasteiger partial charge is 0.251 e. The van der Waals surface area contributed by atoms with Crippen molar-refractivity contribution in [3.63, 3.8) is 0 Å². The SMILES string of the molecule is CN[C@@H](C)C(=O)N[C@H](C(=O)N1CC[C@H](F)[C@H]1CN(CCc1ccccc1)C(=O)CNC(=O)c1ccc(-c2ccc(C(=O)NCC(=O)N(CCc3ccccc3)C[C@H]3[C@@H](F)CCN3C(=O)[C@@H](NC(=O)[C@H](C)NC)C3CCCCC3)cc2)cc1)C1CCCCC1. The number of rotatable bonds is 27. The molecule has 2 saturated carbocycles. The molecule has 8 amide bonds. The third-order valence-electron chi connectivity index (χ3n) is 18.5. The number of carbonyl (C=O) groups is 8. The standard InChI is InChI=1S/C68H90F2N10O8/c1-45(71-3)63(83)75-61(51-21-13-7-14-22-51)67(87)79-39-35-55(69)57(79)43-77(37-33-47-17-9-5-10-18-47)59(81)41-73-65(85)53-29-25-49(26-30-53)50-27-31-54(32-28-50)66(86)74-42-60(82)78(38-34-48-19-11-6-12-20-48)44-58-56(70)36-40-80(58)68(88)62(52-23-15-8-16-24-52)76-64(84)46(2)72-4/h5-6,9-12,17-20,25-32,45-46,51-52,55-58,61-62,71-72H,7-8,13-16,21-24,33-44H2,1-4H3,(H,73,85)(H,74,86)(H,75,83)(H,76,84)/t45-,46-,55-,56-,57-,58+,61-,62-/m0/s1. The molecule has 2 saturated heterocycles. The van der Waals surface area contributed by atoms with Gasteiger partial charge in [0, 0.05) is 50.4 Å². The Balaban J connectivity index is 0.878. The summed E-state index contributed by atoms with van der Waals surface area (Å²) in [5, 5.41) is 17.3. The van der Waals surface area contributed by atoms with E-state index in [4.69, 9.17) is 0 Å². The van der Waals surface area contributed by atoms with Crippen molar-refractivity contribution in [3.8, 4) is 11.1 Å². The first kappa shape index (κ1) is 66.4. The lowest BCUT2D eigenvalue weighted by atomic mass is 9.83. The Morgan fingerprint density at radius 2 is 0.841 bits per heavy atom. The summed E-state index contributed by atoms with van der Waals surface area (Å²) in [6, 6.07) is 28.0. The van der Waals surface area contributed by atoms with Crippen molar-refractivity contribution in [2.45, 2.75) is 152 Å². The van der Waals surface area contributed by atoms with Crippen molar-refractivity contribution in [2.24, 2.45) is 11.8 Å². The molecule has 4 aromatic rings. The van der Waals surface area contributed by atoms with Crippen LogP contribution in [0.3, 0.4) is 0 Å². The molecule has 0 bridgehead atoms. The van der Waals surface area contributed by atoms with Gasteiger partial charge in [0.2, 0.25) is 35.4 Å². The van der Waals surface area contributed by atoms with Crippen molar-refractivity contribution in [2.75, 3.05) is 66.5 Å². The molecule has 4 aromatic carbocycles. The number of benzene rings is 4. The second-order valence-corrected chi connectivity index (χ2v) is 24.3. The lowest BCUT2D eigenvalue weighted by Gasteiger charge is -2.37. The molecule has 2 heterocycles. The topological polar surface area (TPSA) is 222 Å². The second kappa shape index (κ2) is 32.6. The number of hydrogen-bond acceptors (Lipinski definition) is 10. The molecule has 0 spiro atoms. The summed E-state index contributed by atoms with van der Waals surface area (Å²) >= 11 is 0. The maximum absolute atomic E-state index is 16.1. The lowest BCUT2D eigenvalue weighted by molar-refractivity contribution is -0.141. The predicted molar refractivity (Wildman–Crippen MR) is 334 cm³/mol. The predicted octanol–water partition coefficient (Wildman–Crippen LogP) is 6.18. The van der Waals surface area contributed by atoms with Crippen LogP contribution in [0.4, 0.5) is 8.78 Å². The average molecular weight is 1210 g/mol. The lowest BCUT2D eigenvalue weighted by Crippen LogP contribution is -2.58. The molecule has 6 N–H and O–H groups in total. The molecule has 4 aliphatic rings. The van der Waals surface area contributed by atoms with E-state index >= 15 is 8.78 Å². The minimum atomic E-state index is -1.41. The molecule has 0 radical (unpaired) electrons. The van der Waals surface area contributed by atoms with Crippen molar-refractivity contribution < 1.29 is 47.1 Å². The Labute approximate surface area is 517 Å². The van der Waals surface area contributed by atoms with E-state index in [0.717, 1.165) is 86.5 Å². The van der Waals surface area contributed by atoms with Gasteiger partial charge in [0.25, 0.3) is 11.8 Å². The summed E-state index contributed by atoms with van der Waals surface area (Å²) in [7, 11) is 3.34. The van der Waals surface area contributed by atoms with Crippen LogP contribution in [0.1, 0.15) is 123 Å². The zero-order valence-corrected chi connectivity index (χ0v) is 51.5. The van der Waals surface area contributed by atoms with Gasteiger partial charge in [0.15, 0.2) is 0 Å². The first-order valence-electron chi connectivity index (χ1n) is 31.8. The maximum atomic E-state index is 16.1. The van der Waals surface area contributed by atoms with Crippen LogP contribution in [-0.4, -0.2) is 182 Å². The number of nitrogens with one attached hydrogen (secondary N) is 6. The summed E-state index contributed by atoms with van der Waals surface area (Å²) in [6.07, 6.45) is 7.20. The molecule has 2 aliphatic carbocycles. The summed E-state index contributed by atoms with van der Waals surface area (Å²) < 4.78 is 32.1. The van der Waals surface area contributed by atoms with Crippen LogP contribution in [0.15, 0.2) is 109 Å². The minimum Gasteiger partial charge on any atom is -0.343 e. The van der Waals surface area contributed by atoms with E-state index in [-0.39, 0.29) is 112 Å². The molecular weight excluding hydrogens is 1120 g/mol. The van der Waals surface area contributed by atoms with E-state index in [1.807, 2.05) is 60.7 Å². The van der Waals surface area contributed by atoms with Crippen LogP contribution in [0.2, 0.25) is 0 Å². The zero-order valence-electron chi connectivity index (χ0n) is 51.5. The highest BCUT2D eigenvalue weighted by atomic mass is 19.1. The summed E-state index contributed by atoms with van der Waals surface area (Å²) in [6.45, 7) is 3.20. The highest BCUT2D eigenvalue weighted by Crippen LogP contribution is 2.33. The van der Waals surface area contributed by atoms with Crippen LogP contribution < -0.4 is 31.9 Å². The Morgan fingerprint density at radius 1 is 0.489 bits per heavy atom. The minimum absolute atomic E-state index is 0.0911. The van der Waals surface area contributed by atoms with Crippen LogP contribution in [0.5, 0.6) is 0 Å². The molecule has 474 valence electrons. The Bertz CT molecular complexity index is 2770. The molecule has 88 heavy (non-hydrogen) atoms. The third kappa shape index (κ3) is 17.8. The van der Waals surface area contributed by atoms with Gasteiger partial charge in [-0.25, -0.2) is 8.78 Å². The molecule has 8 atom stereocenters. The number of halogens is 2. The fourth-order valence-corrected chi connectivity index (χ4v) is 12.8. The van der Waals surface area contributed by atoms with Crippen molar-refractivity contribution in [1.29, 1.82) is 0 Å². The van der Waals surface area contributed by atoms with Gasteiger partial charge in [-0.1, -0.05) is 123 Å². The number of likely N-dealkylation sites (tertiary alicyclic amines) is 2. The highest BCUT2D eigenvalue weighted by Gasteiger charge is 2.46. The molecule has 2 aliphatic heterocycles. The van der Waals surface area contributed by atoms with Crippen molar-refractivity contribution in [3.05, 3.63) is 131 Å². The third-order valence-corrected chi connectivity index (χ3v) is 18.5. The number of alkyl halides is 2. The summed E-state index contributed by atoms with van der Waals surface area (Å²) in [5.74, 6) is -3.38. The molecule has 0 aromatic heterocycles. The van der Waals surface area contributed by atoms with E-state index in [2.05, 4.69) is 31.9 Å². The van der Waals surface area contributed by atoms with E-state index < -0.39 is 72.2 Å². The van der Waals surface area contributed by atoms with Crippen LogP contribution in [-0.2, 0) is 41.6 Å². The van der Waals surface area contributed by atoms with Gasteiger partial charge in [0.05, 0.1) is 37.3 Å². The number of likely N-dealkylation sites (N-methyl/N-ethyl adjacent to an activating group) is 2. The second-order valence-electron chi connectivity index (χ2n) is 24.3. The molecule has 8 rings (SSSR count). The van der Waals surface area contributed by atoms with Gasteiger partial charge >= 0.3 is 0 Å². The molecule has 0 unspecified atom stereocenters. The van der Waals surface area contributed by atoms with Crippen LogP contribution in [0.25, 0.3) is 11.1 Å². The van der Waals surface area contributed by atoms with E-state index in [1.54, 1.807) is 76.5 Å². The Hall–Kier alpha value is -7.58. The normalized spacial score (nSPS) is 20.2. The first-order valence-corrected chi connectivity index (χ1v) is 31.8. The van der Waals surface area contributed by atoms with Gasteiger partial charge in [-0.2, -0.15) is 0 Å². The molecular formula is C68H90F2N10O8. The molecule has 4 fully saturated rings. The van der Waals surface area contributed by atoms with E-state index in [0.29, 0.717) is 12.8 Å². The number of hydrogen-bond donors (Lipinski definition) is 6. The van der Waals surface area contributed by atoms with Crippen molar-refractivity contribution >= 4 is 47.3 Å². The number of amides is 8. The fourth-order valence-electron chi connectivity index (χ4n) is 12.8. The van der Waals surface area contributed by atoms with Gasteiger partial charge in [-0.3, -0.25) is 38.4 Å². The summed E-state index contributed by atoms with van der Waals surface area (Å²) in [4.78, 5) is 117. The number of carbonyl (C=O) groups excluding carboxylic acids is 8. The van der Waals surface area contributed by atoms with Crippen LogP contribution >= 0.6 is 0 Å². The monoisotopic (exact) mass is 1210 g/mol. The Morgan fingerprint density at radius 3 is 1.18 bits per heavy atom. The largest absolute Gasteiger partial charge is 0.343 e. The maximum Gasteiger partial charge on any atom is 0.251 e. The molecule has 20 heteroatoms. The van der Waals surface area contributed by atoms with E-state index in [9.17, 15) is 38.4 Å². The first-order chi connectivity index (χ1) is 42.5. The fraction of sp³-hybridized carbons (Fsp3) is 0.529. The van der Waals surface area contributed by atoms with Crippen LogP contribution in [0, 0.1) is 11.8 Å². The number of nitrogens with zero attached hydrogens (tertiary/aromatic N) is 4. The van der Waals surface area contributed by atoms with Gasteiger partial charge < -0.3 is 51.5 Å². The van der Waals surface area contributed by atoms with Gasteiger partial charge in [0.1, 0.15) is 24.4 Å². The van der Waals surface area contributed by atoms with Gasteiger partial charge in [-0.15, -0.1) is 0 Å². The average Bonchev–Trinajstić information content (AvgIpc) is 3.28. The highest BCUT2D eigenvalue weighted by molar-refractivity contribution is 5.98. The molecule has 18 nitrogen and oxygen atoms in total. The zero-order chi connectivity index (χ0) is 62.7. The van der Waals surface area contributed by atoms with E-state index in [1.165, 1.54) is 19.6 Å².